The van der Waals surface area contributed by atoms with E-state index in [1.54, 1.807) is 18.0 Å². The van der Waals surface area contributed by atoms with Gasteiger partial charge in [0, 0.05) is 30.5 Å². The van der Waals surface area contributed by atoms with Crippen molar-refractivity contribution in [2.24, 2.45) is 5.10 Å². The van der Waals surface area contributed by atoms with Crippen molar-refractivity contribution in [3.63, 3.8) is 0 Å². The molecule has 0 spiro atoms. The van der Waals surface area contributed by atoms with Gasteiger partial charge in [0.15, 0.2) is 5.11 Å². The standard InChI is InChI=1S/C18H22N6OS/c1-14(13-25-2)21-18(26)22-20-11-16-12-24(10-6-9-19)23-17(16)15-7-4-3-5-8-15/h3-5,7-8,11-12,14H,6,10,13H2,1-2H3,(H2,21,22,26)/b20-11-/t14-/m1/s1. The van der Waals surface area contributed by atoms with Crippen LogP contribution in [0.4, 0.5) is 0 Å². The molecule has 2 N–H and O–H groups in total. The second-order valence-corrected chi connectivity index (χ2v) is 6.08. The third kappa shape index (κ3) is 5.95. The van der Waals surface area contributed by atoms with Crippen LogP contribution in [0.3, 0.4) is 0 Å². The Morgan fingerprint density at radius 3 is 2.92 bits per heavy atom. The summed E-state index contributed by atoms with van der Waals surface area (Å²) in [6, 6.07) is 12.1. The van der Waals surface area contributed by atoms with Gasteiger partial charge in [-0.3, -0.25) is 10.1 Å². The molecule has 0 bridgehead atoms. The lowest BCUT2D eigenvalue weighted by Gasteiger charge is -2.13. The van der Waals surface area contributed by atoms with Gasteiger partial charge >= 0.3 is 0 Å². The molecular weight excluding hydrogens is 348 g/mol. The van der Waals surface area contributed by atoms with E-state index in [0.717, 1.165) is 16.8 Å². The fraction of sp³-hybridized carbons (Fsp3) is 0.333. The topological polar surface area (TPSA) is 87.3 Å². The molecule has 26 heavy (non-hydrogen) atoms. The van der Waals surface area contributed by atoms with E-state index >= 15 is 0 Å². The van der Waals surface area contributed by atoms with Gasteiger partial charge in [-0.2, -0.15) is 15.5 Å². The lowest BCUT2D eigenvalue weighted by Crippen LogP contribution is -2.40. The van der Waals surface area contributed by atoms with Crippen molar-refractivity contribution >= 4 is 23.5 Å². The first kappa shape index (κ1) is 19.6. The molecule has 8 heteroatoms. The van der Waals surface area contributed by atoms with E-state index in [2.05, 4.69) is 27.0 Å². The Kier molecular flexibility index (Phi) is 7.74. The van der Waals surface area contributed by atoms with Crippen LogP contribution in [0.15, 0.2) is 41.6 Å². The van der Waals surface area contributed by atoms with Crippen molar-refractivity contribution in [1.82, 2.24) is 20.5 Å². The van der Waals surface area contributed by atoms with E-state index in [9.17, 15) is 0 Å². The molecule has 2 aromatic rings. The minimum atomic E-state index is 0.0869. The summed E-state index contributed by atoms with van der Waals surface area (Å²) in [6.45, 7) is 3.05. The van der Waals surface area contributed by atoms with Crippen LogP contribution in [0.25, 0.3) is 11.3 Å². The number of rotatable bonds is 8. The van der Waals surface area contributed by atoms with E-state index in [1.807, 2.05) is 43.5 Å². The highest BCUT2D eigenvalue weighted by molar-refractivity contribution is 7.80. The molecule has 0 aliphatic rings. The second-order valence-electron chi connectivity index (χ2n) is 5.67. The largest absolute Gasteiger partial charge is 0.383 e. The number of thiocarbonyl (C=S) groups is 1. The fourth-order valence-corrected chi connectivity index (χ4v) is 2.59. The van der Waals surface area contributed by atoms with E-state index in [1.165, 1.54) is 0 Å². The van der Waals surface area contributed by atoms with Crippen LogP contribution in [-0.4, -0.2) is 40.9 Å². The van der Waals surface area contributed by atoms with Crippen LogP contribution in [0.5, 0.6) is 0 Å². The van der Waals surface area contributed by atoms with Gasteiger partial charge in [0.2, 0.25) is 0 Å². The highest BCUT2D eigenvalue weighted by Crippen LogP contribution is 2.20. The molecule has 1 heterocycles. The molecule has 1 aromatic heterocycles. The van der Waals surface area contributed by atoms with Crippen LogP contribution >= 0.6 is 12.2 Å². The molecule has 0 unspecified atom stereocenters. The summed E-state index contributed by atoms with van der Waals surface area (Å²) in [5, 5.41) is 21.0. The Balaban J connectivity index is 2.10. The van der Waals surface area contributed by atoms with Crippen LogP contribution in [-0.2, 0) is 11.3 Å². The number of hydrogen-bond donors (Lipinski definition) is 2. The van der Waals surface area contributed by atoms with Gasteiger partial charge in [0.25, 0.3) is 0 Å². The first-order chi connectivity index (χ1) is 12.6. The van der Waals surface area contributed by atoms with Crippen LogP contribution in [0.2, 0.25) is 0 Å². The maximum Gasteiger partial charge on any atom is 0.187 e. The Morgan fingerprint density at radius 2 is 2.23 bits per heavy atom. The summed E-state index contributed by atoms with van der Waals surface area (Å²) in [5.41, 5.74) is 5.43. The molecule has 0 radical (unpaired) electrons. The van der Waals surface area contributed by atoms with E-state index < -0.39 is 0 Å². The third-order valence-electron chi connectivity index (χ3n) is 3.45. The lowest BCUT2D eigenvalue weighted by atomic mass is 10.1. The number of ether oxygens (including phenoxy) is 1. The zero-order valence-electron chi connectivity index (χ0n) is 14.8. The predicted molar refractivity (Wildman–Crippen MR) is 106 cm³/mol. The maximum absolute atomic E-state index is 8.78. The van der Waals surface area contributed by atoms with Gasteiger partial charge in [0.1, 0.15) is 5.69 Å². The average molecular weight is 370 g/mol. The molecule has 0 fully saturated rings. The molecule has 1 aromatic carbocycles. The normalized spacial score (nSPS) is 11.9. The highest BCUT2D eigenvalue weighted by Gasteiger charge is 2.10. The fourth-order valence-electron chi connectivity index (χ4n) is 2.34. The lowest BCUT2D eigenvalue weighted by molar-refractivity contribution is 0.179. The van der Waals surface area contributed by atoms with Gasteiger partial charge in [-0.15, -0.1) is 0 Å². The summed E-state index contributed by atoms with van der Waals surface area (Å²) in [4.78, 5) is 0. The number of nitriles is 1. The van der Waals surface area contributed by atoms with Crippen molar-refractivity contribution in [3.05, 3.63) is 42.1 Å². The summed E-state index contributed by atoms with van der Waals surface area (Å²) >= 11 is 5.20. The minimum Gasteiger partial charge on any atom is -0.383 e. The van der Waals surface area contributed by atoms with Crippen molar-refractivity contribution in [2.75, 3.05) is 13.7 Å². The number of aromatic nitrogens is 2. The number of hydrazone groups is 1. The smallest absolute Gasteiger partial charge is 0.187 e. The van der Waals surface area contributed by atoms with Gasteiger partial charge in [0.05, 0.1) is 31.9 Å². The van der Waals surface area contributed by atoms with Crippen LogP contribution < -0.4 is 10.7 Å². The van der Waals surface area contributed by atoms with Crippen molar-refractivity contribution in [2.45, 2.75) is 25.9 Å². The molecule has 7 nitrogen and oxygen atoms in total. The van der Waals surface area contributed by atoms with E-state index in [-0.39, 0.29) is 6.04 Å². The highest BCUT2D eigenvalue weighted by atomic mass is 32.1. The molecule has 136 valence electrons. The summed E-state index contributed by atoms with van der Waals surface area (Å²) in [6.07, 6.45) is 3.94. The molecule has 0 aliphatic heterocycles. The Hall–Kier alpha value is -2.76. The predicted octanol–water partition coefficient (Wildman–Crippen LogP) is 2.30. The molecule has 0 amide bonds. The Morgan fingerprint density at radius 1 is 1.46 bits per heavy atom. The molecule has 1 atom stereocenters. The van der Waals surface area contributed by atoms with Crippen LogP contribution in [0, 0.1) is 11.3 Å². The summed E-state index contributed by atoms with van der Waals surface area (Å²) < 4.78 is 6.81. The van der Waals surface area contributed by atoms with Crippen LogP contribution in [0.1, 0.15) is 18.9 Å². The first-order valence-electron chi connectivity index (χ1n) is 8.22. The quantitative estimate of drug-likeness (QED) is 0.421. The minimum absolute atomic E-state index is 0.0869. The van der Waals surface area contributed by atoms with E-state index in [0.29, 0.717) is 24.7 Å². The molecule has 0 aliphatic carbocycles. The van der Waals surface area contributed by atoms with Gasteiger partial charge < -0.3 is 10.1 Å². The van der Waals surface area contributed by atoms with Crippen molar-refractivity contribution < 1.29 is 4.74 Å². The molecule has 0 saturated heterocycles. The molecule has 2 rings (SSSR count). The molecule has 0 saturated carbocycles. The third-order valence-corrected chi connectivity index (χ3v) is 3.66. The zero-order valence-corrected chi connectivity index (χ0v) is 15.7. The number of aryl methyl sites for hydroxylation is 1. The maximum atomic E-state index is 8.78. The number of nitrogens with zero attached hydrogens (tertiary/aromatic N) is 4. The zero-order chi connectivity index (χ0) is 18.8. The van der Waals surface area contributed by atoms with Gasteiger partial charge in [-0.05, 0) is 19.1 Å². The summed E-state index contributed by atoms with van der Waals surface area (Å²) in [7, 11) is 1.64. The average Bonchev–Trinajstić information content (AvgIpc) is 3.04. The van der Waals surface area contributed by atoms with Gasteiger partial charge in [-0.25, -0.2) is 0 Å². The summed E-state index contributed by atoms with van der Waals surface area (Å²) in [5.74, 6) is 0. The number of methoxy groups -OCH3 is 1. The van der Waals surface area contributed by atoms with Crippen molar-refractivity contribution in [3.8, 4) is 17.3 Å². The Bertz CT molecular complexity index is 781. The molecular formula is C18H22N6OS. The van der Waals surface area contributed by atoms with E-state index in [4.69, 9.17) is 22.2 Å². The number of hydrogen-bond acceptors (Lipinski definition) is 5. The number of nitrogens with one attached hydrogen (secondary N) is 2. The van der Waals surface area contributed by atoms with Crippen molar-refractivity contribution in [1.29, 1.82) is 5.26 Å². The van der Waals surface area contributed by atoms with Gasteiger partial charge in [-0.1, -0.05) is 30.3 Å². The SMILES string of the molecule is COC[C@@H](C)NC(=S)N/N=C\c1cn(CCC#N)nc1-c1ccccc1. The monoisotopic (exact) mass is 370 g/mol. The second kappa shape index (κ2) is 10.3. The Labute approximate surface area is 158 Å². The first-order valence-corrected chi connectivity index (χ1v) is 8.63. The number of benzene rings is 1.